The van der Waals surface area contributed by atoms with Crippen LogP contribution in [0.4, 0.5) is 5.69 Å². The SMILES string of the molecule is CCc1cc(C)c(-c2cccc3c(N(CC4CCOCC4)CC4CC4)c(CC)nn23)c(OC)c1. The van der Waals surface area contributed by atoms with Crippen LogP contribution in [-0.2, 0) is 17.6 Å². The van der Waals surface area contributed by atoms with E-state index in [9.17, 15) is 0 Å². The molecule has 2 fully saturated rings. The molecule has 0 atom stereocenters. The molecule has 3 aromatic rings. The monoisotopic (exact) mass is 461 g/mol. The van der Waals surface area contributed by atoms with Gasteiger partial charge >= 0.3 is 0 Å². The molecule has 3 heterocycles. The first-order valence-corrected chi connectivity index (χ1v) is 13.1. The van der Waals surface area contributed by atoms with Gasteiger partial charge in [0, 0.05) is 31.9 Å². The number of fused-ring (bicyclic) bond motifs is 1. The number of anilines is 1. The molecule has 1 aliphatic carbocycles. The first-order valence-electron chi connectivity index (χ1n) is 13.1. The van der Waals surface area contributed by atoms with E-state index in [-0.39, 0.29) is 0 Å². The summed E-state index contributed by atoms with van der Waals surface area (Å²) >= 11 is 0. The van der Waals surface area contributed by atoms with Crippen molar-refractivity contribution in [2.75, 3.05) is 38.3 Å². The van der Waals surface area contributed by atoms with Crippen molar-refractivity contribution >= 4 is 11.2 Å². The van der Waals surface area contributed by atoms with Crippen LogP contribution < -0.4 is 9.64 Å². The first-order chi connectivity index (χ1) is 16.6. The predicted octanol–water partition coefficient (Wildman–Crippen LogP) is 6.09. The quantitative estimate of drug-likeness (QED) is 0.387. The van der Waals surface area contributed by atoms with Gasteiger partial charge in [0.1, 0.15) is 5.75 Å². The number of hydrogen-bond donors (Lipinski definition) is 0. The number of nitrogens with zero attached hydrogens (tertiary/aromatic N) is 3. The maximum Gasteiger partial charge on any atom is 0.128 e. The molecule has 5 heteroatoms. The normalized spacial score (nSPS) is 16.8. The lowest BCUT2D eigenvalue weighted by atomic mass is 9.98. The van der Waals surface area contributed by atoms with Crippen LogP contribution in [0.2, 0.25) is 0 Å². The second-order valence-corrected chi connectivity index (χ2v) is 10.1. The molecule has 5 nitrogen and oxygen atoms in total. The van der Waals surface area contributed by atoms with E-state index >= 15 is 0 Å². The van der Waals surface area contributed by atoms with Crippen LogP contribution in [0.5, 0.6) is 5.75 Å². The third kappa shape index (κ3) is 4.55. The van der Waals surface area contributed by atoms with Crippen LogP contribution in [-0.4, -0.2) is 43.0 Å². The van der Waals surface area contributed by atoms with Gasteiger partial charge in [0.05, 0.1) is 29.7 Å². The Morgan fingerprint density at radius 1 is 1.03 bits per heavy atom. The number of methoxy groups -OCH3 is 1. The molecular weight excluding hydrogens is 422 g/mol. The first kappa shape index (κ1) is 23.2. The van der Waals surface area contributed by atoms with Gasteiger partial charge in [-0.1, -0.05) is 26.0 Å². The van der Waals surface area contributed by atoms with Gasteiger partial charge in [0.25, 0.3) is 0 Å². The summed E-state index contributed by atoms with van der Waals surface area (Å²) < 4.78 is 13.7. The molecule has 0 amide bonds. The van der Waals surface area contributed by atoms with Crippen molar-refractivity contribution < 1.29 is 9.47 Å². The van der Waals surface area contributed by atoms with E-state index in [0.717, 1.165) is 74.9 Å². The van der Waals surface area contributed by atoms with Crippen LogP contribution in [0.3, 0.4) is 0 Å². The summed E-state index contributed by atoms with van der Waals surface area (Å²) in [6.07, 6.45) is 6.96. The lowest BCUT2D eigenvalue weighted by Gasteiger charge is -2.31. The zero-order chi connectivity index (χ0) is 23.7. The molecule has 1 aromatic carbocycles. The topological polar surface area (TPSA) is 39.0 Å². The highest BCUT2D eigenvalue weighted by Gasteiger charge is 2.30. The fourth-order valence-electron chi connectivity index (χ4n) is 5.51. The number of rotatable bonds is 9. The summed E-state index contributed by atoms with van der Waals surface area (Å²) in [6.45, 7) is 10.6. The standard InChI is InChI=1S/C29H39N3O2/c1-5-21-16-20(3)28(27(17-21)33-4)25-8-7-9-26-29(24(6-2)30-32(25)26)31(18-22-10-11-22)19-23-12-14-34-15-13-23/h7-9,16-17,22-23H,5-6,10-15,18-19H2,1-4H3. The highest BCUT2D eigenvalue weighted by atomic mass is 16.5. The van der Waals surface area contributed by atoms with E-state index in [1.54, 1.807) is 7.11 Å². The second-order valence-electron chi connectivity index (χ2n) is 10.1. The minimum Gasteiger partial charge on any atom is -0.496 e. The second kappa shape index (κ2) is 9.99. The van der Waals surface area contributed by atoms with Crippen LogP contribution in [0.25, 0.3) is 16.8 Å². The maximum atomic E-state index is 5.88. The molecule has 1 aliphatic heterocycles. The molecule has 2 aliphatic rings. The number of aromatic nitrogens is 2. The van der Waals surface area contributed by atoms with E-state index in [4.69, 9.17) is 14.6 Å². The van der Waals surface area contributed by atoms with Crippen LogP contribution >= 0.6 is 0 Å². The van der Waals surface area contributed by atoms with E-state index in [2.05, 4.69) is 60.5 Å². The zero-order valence-electron chi connectivity index (χ0n) is 21.3. The van der Waals surface area contributed by atoms with Crippen molar-refractivity contribution in [2.24, 2.45) is 11.8 Å². The maximum absolute atomic E-state index is 5.88. The van der Waals surface area contributed by atoms with E-state index < -0.39 is 0 Å². The summed E-state index contributed by atoms with van der Waals surface area (Å²) in [7, 11) is 1.77. The third-order valence-electron chi connectivity index (χ3n) is 7.59. The molecule has 1 saturated heterocycles. The van der Waals surface area contributed by atoms with Crippen LogP contribution in [0.15, 0.2) is 30.3 Å². The van der Waals surface area contributed by atoms with Gasteiger partial charge in [-0.25, -0.2) is 4.52 Å². The highest BCUT2D eigenvalue weighted by molar-refractivity contribution is 5.81. The number of pyridine rings is 1. The highest BCUT2D eigenvalue weighted by Crippen LogP contribution is 2.39. The molecule has 5 rings (SSSR count). The molecule has 0 radical (unpaired) electrons. The van der Waals surface area contributed by atoms with Gasteiger partial charge in [0.15, 0.2) is 0 Å². The van der Waals surface area contributed by atoms with Crippen molar-refractivity contribution in [2.45, 2.75) is 59.3 Å². The van der Waals surface area contributed by atoms with Crippen molar-refractivity contribution in [1.82, 2.24) is 9.61 Å². The molecule has 182 valence electrons. The fraction of sp³-hybridized carbons (Fsp3) is 0.552. The predicted molar refractivity (Wildman–Crippen MR) is 139 cm³/mol. The Labute approximate surface area is 204 Å². The zero-order valence-corrected chi connectivity index (χ0v) is 21.3. The average Bonchev–Trinajstić information content (AvgIpc) is 3.60. The van der Waals surface area contributed by atoms with Crippen molar-refractivity contribution in [1.29, 1.82) is 0 Å². The van der Waals surface area contributed by atoms with Gasteiger partial charge in [-0.05, 0) is 86.6 Å². The average molecular weight is 462 g/mol. The molecule has 1 saturated carbocycles. The molecule has 0 unspecified atom stereocenters. The Morgan fingerprint density at radius 3 is 2.41 bits per heavy atom. The summed E-state index contributed by atoms with van der Waals surface area (Å²) in [5, 5.41) is 5.20. The van der Waals surface area contributed by atoms with Crippen molar-refractivity contribution in [3.63, 3.8) is 0 Å². The largest absolute Gasteiger partial charge is 0.496 e. The number of ether oxygens (including phenoxy) is 2. The van der Waals surface area contributed by atoms with Gasteiger partial charge in [-0.15, -0.1) is 0 Å². The summed E-state index contributed by atoms with van der Waals surface area (Å²) in [6, 6.07) is 11.1. The Kier molecular flexibility index (Phi) is 6.82. The molecule has 34 heavy (non-hydrogen) atoms. The Balaban J connectivity index is 1.62. The summed E-state index contributed by atoms with van der Waals surface area (Å²) in [4.78, 5) is 2.67. The fourth-order valence-corrected chi connectivity index (χ4v) is 5.51. The molecule has 2 aromatic heterocycles. The number of benzene rings is 1. The smallest absolute Gasteiger partial charge is 0.128 e. The van der Waals surface area contributed by atoms with E-state index in [1.807, 2.05) is 0 Å². The minimum absolute atomic E-state index is 0.694. The van der Waals surface area contributed by atoms with Gasteiger partial charge in [-0.3, -0.25) is 0 Å². The van der Waals surface area contributed by atoms with Crippen LogP contribution in [0.1, 0.15) is 56.4 Å². The Bertz CT molecular complexity index is 1140. The third-order valence-corrected chi connectivity index (χ3v) is 7.59. The van der Waals surface area contributed by atoms with Gasteiger partial charge < -0.3 is 14.4 Å². The number of hydrogen-bond acceptors (Lipinski definition) is 4. The molecular formula is C29H39N3O2. The summed E-state index contributed by atoms with van der Waals surface area (Å²) in [5.41, 5.74) is 8.52. The van der Waals surface area contributed by atoms with E-state index in [1.165, 1.54) is 40.9 Å². The Morgan fingerprint density at radius 2 is 1.76 bits per heavy atom. The van der Waals surface area contributed by atoms with Gasteiger partial charge in [-0.2, -0.15) is 5.10 Å². The minimum atomic E-state index is 0.694. The molecule has 0 N–H and O–H groups in total. The van der Waals surface area contributed by atoms with Crippen molar-refractivity contribution in [3.8, 4) is 17.0 Å². The van der Waals surface area contributed by atoms with E-state index in [0.29, 0.717) is 5.92 Å². The molecule has 0 bridgehead atoms. The van der Waals surface area contributed by atoms with Crippen LogP contribution in [0, 0.1) is 18.8 Å². The lowest BCUT2D eigenvalue weighted by Crippen LogP contribution is -2.34. The lowest BCUT2D eigenvalue weighted by molar-refractivity contribution is 0.0682. The number of aryl methyl sites for hydroxylation is 3. The summed E-state index contributed by atoms with van der Waals surface area (Å²) in [5.74, 6) is 2.45. The van der Waals surface area contributed by atoms with Gasteiger partial charge in [0.2, 0.25) is 0 Å². The Hall–Kier alpha value is -2.53. The van der Waals surface area contributed by atoms with Crippen molar-refractivity contribution in [3.05, 3.63) is 47.2 Å². The molecule has 0 spiro atoms.